The molecule has 0 atom stereocenters. The molecule has 3 rings (SSSR count). The van der Waals surface area contributed by atoms with E-state index in [1.807, 2.05) is 34.9 Å². The number of hydrogen-bond acceptors (Lipinski definition) is 3. The summed E-state index contributed by atoms with van der Waals surface area (Å²) in [6.07, 6.45) is 10.5. The summed E-state index contributed by atoms with van der Waals surface area (Å²) in [6, 6.07) is 3.89. The molecule has 1 amide bonds. The lowest BCUT2D eigenvalue weighted by Gasteiger charge is -2.24. The van der Waals surface area contributed by atoms with E-state index in [0.29, 0.717) is 12.3 Å². The van der Waals surface area contributed by atoms with Gasteiger partial charge in [0.1, 0.15) is 5.82 Å². The van der Waals surface area contributed by atoms with Gasteiger partial charge in [-0.15, -0.1) is 0 Å². The van der Waals surface area contributed by atoms with Gasteiger partial charge in [0.2, 0.25) is 5.91 Å². The lowest BCUT2D eigenvalue weighted by atomic mass is 10.2. The van der Waals surface area contributed by atoms with Crippen molar-refractivity contribution in [3.05, 3.63) is 36.5 Å². The van der Waals surface area contributed by atoms with Gasteiger partial charge in [0.25, 0.3) is 0 Å². The fourth-order valence-electron chi connectivity index (χ4n) is 2.67. The van der Waals surface area contributed by atoms with Gasteiger partial charge in [-0.3, -0.25) is 9.78 Å². The first kappa shape index (κ1) is 15.7. The van der Waals surface area contributed by atoms with Crippen molar-refractivity contribution in [1.29, 1.82) is 0 Å². The van der Waals surface area contributed by atoms with Crippen LogP contribution in [0, 0.1) is 12.8 Å². The Morgan fingerprint density at radius 3 is 2.91 bits per heavy atom. The third kappa shape index (κ3) is 3.78. The molecule has 2 aromatic heterocycles. The highest BCUT2D eigenvalue weighted by Crippen LogP contribution is 2.30. The van der Waals surface area contributed by atoms with Gasteiger partial charge in [0.15, 0.2) is 0 Å². The molecule has 5 nitrogen and oxygen atoms in total. The molecule has 1 aliphatic rings. The second-order valence-corrected chi connectivity index (χ2v) is 6.28. The maximum Gasteiger partial charge on any atom is 0.241 e. The molecule has 0 aliphatic heterocycles. The van der Waals surface area contributed by atoms with Crippen LogP contribution in [0.5, 0.6) is 0 Å². The second kappa shape index (κ2) is 6.94. The zero-order valence-electron chi connectivity index (χ0n) is 13.9. The summed E-state index contributed by atoms with van der Waals surface area (Å²) < 4.78 is 1.93. The normalized spacial score (nSPS) is 14.0. The van der Waals surface area contributed by atoms with Gasteiger partial charge >= 0.3 is 0 Å². The summed E-state index contributed by atoms with van der Waals surface area (Å²) in [5.41, 5.74) is 1.83. The number of carbonyl (C=O) groups is 1. The van der Waals surface area contributed by atoms with Gasteiger partial charge in [-0.1, -0.05) is 13.3 Å². The fraction of sp³-hybridized carbons (Fsp3) is 0.500. The molecule has 0 bridgehead atoms. The number of unbranched alkanes of at least 4 members (excludes halogenated alkanes) is 1. The first-order chi connectivity index (χ1) is 11.2. The van der Waals surface area contributed by atoms with Crippen molar-refractivity contribution in [2.45, 2.75) is 46.0 Å². The Kier molecular flexibility index (Phi) is 4.74. The zero-order chi connectivity index (χ0) is 16.2. The van der Waals surface area contributed by atoms with Gasteiger partial charge < -0.3 is 0 Å². The van der Waals surface area contributed by atoms with Crippen LogP contribution < -0.4 is 5.01 Å². The van der Waals surface area contributed by atoms with Crippen LogP contribution in [0.15, 0.2) is 30.7 Å². The van der Waals surface area contributed by atoms with Crippen LogP contribution in [-0.4, -0.2) is 27.1 Å². The zero-order valence-corrected chi connectivity index (χ0v) is 13.9. The van der Waals surface area contributed by atoms with Crippen LogP contribution in [0.1, 0.15) is 44.9 Å². The number of amides is 1. The number of aromatic nitrogens is 3. The number of rotatable bonds is 7. The first-order valence-electron chi connectivity index (χ1n) is 8.46. The highest BCUT2D eigenvalue weighted by Gasteiger charge is 2.28. The summed E-state index contributed by atoms with van der Waals surface area (Å²) in [5, 5.41) is 1.88. The minimum absolute atomic E-state index is 0.192. The van der Waals surface area contributed by atoms with Crippen LogP contribution in [0.3, 0.4) is 0 Å². The van der Waals surface area contributed by atoms with Crippen LogP contribution in [0.4, 0.5) is 0 Å². The Hall–Kier alpha value is -2.17. The summed E-state index contributed by atoms with van der Waals surface area (Å²) in [5.74, 6) is 1.68. The summed E-state index contributed by atoms with van der Waals surface area (Å²) >= 11 is 0. The predicted octanol–water partition coefficient (Wildman–Crippen LogP) is 3.32. The maximum atomic E-state index is 12.6. The number of aryl methyl sites for hydroxylation is 1. The van der Waals surface area contributed by atoms with Gasteiger partial charge in [-0.25, -0.2) is 14.7 Å². The Labute approximate surface area is 137 Å². The van der Waals surface area contributed by atoms with Crippen molar-refractivity contribution < 1.29 is 4.79 Å². The molecule has 0 saturated heterocycles. The molecular weight excluding hydrogens is 288 g/mol. The number of pyridine rings is 1. The van der Waals surface area contributed by atoms with Crippen LogP contribution in [0.25, 0.3) is 11.3 Å². The van der Waals surface area contributed by atoms with E-state index in [-0.39, 0.29) is 5.91 Å². The van der Waals surface area contributed by atoms with Crippen molar-refractivity contribution in [1.82, 2.24) is 14.6 Å². The van der Waals surface area contributed by atoms with E-state index >= 15 is 0 Å². The average Bonchev–Trinajstić information content (AvgIpc) is 3.32. The summed E-state index contributed by atoms with van der Waals surface area (Å²) in [6.45, 7) is 4.86. The van der Waals surface area contributed by atoms with Crippen molar-refractivity contribution in [3.63, 3.8) is 0 Å². The largest absolute Gasteiger partial charge is 0.273 e. The van der Waals surface area contributed by atoms with Crippen molar-refractivity contribution in [3.8, 4) is 11.3 Å². The van der Waals surface area contributed by atoms with Gasteiger partial charge in [-0.2, -0.15) is 0 Å². The third-order valence-electron chi connectivity index (χ3n) is 4.24. The first-order valence-corrected chi connectivity index (χ1v) is 8.46. The van der Waals surface area contributed by atoms with Crippen molar-refractivity contribution >= 4 is 5.91 Å². The quantitative estimate of drug-likeness (QED) is 0.788. The lowest BCUT2D eigenvalue weighted by molar-refractivity contribution is -0.120. The minimum atomic E-state index is 0.192. The minimum Gasteiger partial charge on any atom is -0.273 e. The summed E-state index contributed by atoms with van der Waals surface area (Å²) in [7, 11) is 0. The molecule has 122 valence electrons. The van der Waals surface area contributed by atoms with Crippen molar-refractivity contribution in [2.24, 2.45) is 5.92 Å². The standard InChI is InChI=1S/C18H24N4O/c1-3-4-7-18(23)22(12-15-8-9-15)21-13-17(20-14(21)2)16-6-5-10-19-11-16/h5-6,10-11,13,15H,3-4,7-9,12H2,1-2H3. The molecular formula is C18H24N4O. The SMILES string of the molecule is CCCCC(=O)N(CC1CC1)n1cc(-c2cccnc2)nc1C. The van der Waals surface area contributed by atoms with Gasteiger partial charge in [-0.05, 0) is 44.2 Å². The second-order valence-electron chi connectivity index (χ2n) is 6.28. The Morgan fingerprint density at radius 2 is 2.26 bits per heavy atom. The van der Waals surface area contributed by atoms with Crippen LogP contribution in [0.2, 0.25) is 0 Å². The number of carbonyl (C=O) groups excluding carboxylic acids is 1. The Bertz CT molecular complexity index is 661. The fourth-order valence-corrected chi connectivity index (χ4v) is 2.67. The number of imidazole rings is 1. The Morgan fingerprint density at radius 1 is 1.43 bits per heavy atom. The molecule has 1 aliphatic carbocycles. The summed E-state index contributed by atoms with van der Waals surface area (Å²) in [4.78, 5) is 21.4. The molecule has 1 fully saturated rings. The topological polar surface area (TPSA) is 51.0 Å². The third-order valence-corrected chi connectivity index (χ3v) is 4.24. The molecule has 2 heterocycles. The monoisotopic (exact) mass is 312 g/mol. The molecule has 0 spiro atoms. The molecule has 1 saturated carbocycles. The van der Waals surface area contributed by atoms with E-state index < -0.39 is 0 Å². The molecule has 2 aromatic rings. The van der Waals surface area contributed by atoms with Crippen LogP contribution in [-0.2, 0) is 4.79 Å². The maximum absolute atomic E-state index is 12.6. The van der Waals surface area contributed by atoms with Crippen molar-refractivity contribution in [2.75, 3.05) is 11.6 Å². The predicted molar refractivity (Wildman–Crippen MR) is 90.5 cm³/mol. The number of hydrogen-bond donors (Lipinski definition) is 0. The molecule has 5 heteroatoms. The van der Waals surface area contributed by atoms with E-state index in [0.717, 1.165) is 36.5 Å². The number of nitrogens with zero attached hydrogens (tertiary/aromatic N) is 4. The highest BCUT2D eigenvalue weighted by molar-refractivity contribution is 5.86. The van der Waals surface area contributed by atoms with E-state index in [2.05, 4.69) is 16.9 Å². The van der Waals surface area contributed by atoms with E-state index in [1.165, 1.54) is 12.8 Å². The van der Waals surface area contributed by atoms with E-state index in [9.17, 15) is 4.79 Å². The van der Waals surface area contributed by atoms with Gasteiger partial charge in [0.05, 0.1) is 11.9 Å². The average molecular weight is 312 g/mol. The molecule has 0 N–H and O–H groups in total. The van der Waals surface area contributed by atoms with Gasteiger partial charge in [0, 0.05) is 30.9 Å². The lowest BCUT2D eigenvalue weighted by Crippen LogP contribution is -2.42. The molecule has 0 radical (unpaired) electrons. The van der Waals surface area contributed by atoms with E-state index in [4.69, 9.17) is 0 Å². The molecule has 0 unspecified atom stereocenters. The molecule has 23 heavy (non-hydrogen) atoms. The van der Waals surface area contributed by atoms with Crippen LogP contribution >= 0.6 is 0 Å². The van der Waals surface area contributed by atoms with E-state index in [1.54, 1.807) is 12.4 Å². The molecule has 0 aromatic carbocycles. The smallest absolute Gasteiger partial charge is 0.241 e. The highest BCUT2D eigenvalue weighted by atomic mass is 16.2. The Balaban J connectivity index is 1.86.